The van der Waals surface area contributed by atoms with Crippen LogP contribution in [0, 0.1) is 6.92 Å². The maximum Gasteiger partial charge on any atom is 0.272 e. The predicted molar refractivity (Wildman–Crippen MR) is 153 cm³/mol. The van der Waals surface area contributed by atoms with Crippen LogP contribution in [0.3, 0.4) is 0 Å². The Labute approximate surface area is 226 Å². The van der Waals surface area contributed by atoms with E-state index in [9.17, 15) is 14.4 Å². The van der Waals surface area contributed by atoms with E-state index < -0.39 is 11.8 Å². The van der Waals surface area contributed by atoms with Gasteiger partial charge in [0.25, 0.3) is 11.8 Å². The second-order valence-corrected chi connectivity index (χ2v) is 9.01. The average Bonchev–Trinajstić information content (AvgIpc) is 2.93. The van der Waals surface area contributed by atoms with Gasteiger partial charge in [-0.25, -0.2) is 0 Å². The molecule has 0 atom stereocenters. The molecule has 0 aliphatic heterocycles. The van der Waals surface area contributed by atoms with Crippen LogP contribution in [0.5, 0.6) is 0 Å². The largest absolute Gasteiger partial charge is 0.321 e. The Morgan fingerprint density at radius 3 is 2.13 bits per heavy atom. The highest BCUT2D eigenvalue weighted by Gasteiger charge is 2.15. The topological polar surface area (TPSA) is 75.3 Å². The van der Waals surface area contributed by atoms with Gasteiger partial charge in [0.1, 0.15) is 5.70 Å². The van der Waals surface area contributed by atoms with E-state index in [0.717, 1.165) is 16.7 Å². The number of rotatable bonds is 8. The summed E-state index contributed by atoms with van der Waals surface area (Å²) < 4.78 is 0. The first-order valence-electron chi connectivity index (χ1n) is 11.9. The first kappa shape index (κ1) is 26.3. The zero-order valence-electron chi connectivity index (χ0n) is 20.6. The second-order valence-electron chi connectivity index (χ2n) is 8.57. The van der Waals surface area contributed by atoms with Crippen LogP contribution in [0.2, 0.25) is 5.02 Å². The van der Waals surface area contributed by atoms with Crippen molar-refractivity contribution in [2.75, 3.05) is 5.32 Å². The zero-order valence-corrected chi connectivity index (χ0v) is 21.4. The molecule has 0 aliphatic rings. The summed E-state index contributed by atoms with van der Waals surface area (Å²) in [6.07, 6.45) is 4.79. The number of benzene rings is 4. The molecule has 0 fully saturated rings. The number of nitrogens with one attached hydrogen (secondary N) is 2. The van der Waals surface area contributed by atoms with E-state index in [0.29, 0.717) is 21.8 Å². The summed E-state index contributed by atoms with van der Waals surface area (Å²) in [6, 6.07) is 30.0. The fourth-order valence-corrected chi connectivity index (χ4v) is 3.77. The van der Waals surface area contributed by atoms with Gasteiger partial charge in [-0.05, 0) is 78.7 Å². The molecule has 0 unspecified atom stereocenters. The fourth-order valence-electron chi connectivity index (χ4n) is 3.57. The van der Waals surface area contributed by atoms with Crippen molar-refractivity contribution in [2.45, 2.75) is 6.92 Å². The monoisotopic (exact) mass is 520 g/mol. The Hall–Kier alpha value is -4.74. The number of halogens is 1. The standard InChI is InChI=1S/C32H25ClN2O3/c1-22-10-12-24(13-11-22)21-29(35-31(37)26-7-3-2-4-8-26)32(38)34-28-17-15-25(16-18-28)30(36)19-14-23-6-5-9-27(33)20-23/h2-21H,1H3,(H,34,38)(H,35,37)/b19-14+,29-21-. The van der Waals surface area contributed by atoms with Crippen LogP contribution in [0.4, 0.5) is 5.69 Å². The molecule has 0 spiro atoms. The third-order valence-electron chi connectivity index (χ3n) is 5.62. The van der Waals surface area contributed by atoms with Gasteiger partial charge in [-0.15, -0.1) is 0 Å². The molecule has 2 amide bonds. The summed E-state index contributed by atoms with van der Waals surface area (Å²) in [5, 5.41) is 6.11. The van der Waals surface area contributed by atoms with Gasteiger partial charge in [0.05, 0.1) is 0 Å². The summed E-state index contributed by atoms with van der Waals surface area (Å²) in [4.78, 5) is 38.5. The quantitative estimate of drug-likeness (QED) is 0.195. The maximum atomic E-state index is 13.2. The third-order valence-corrected chi connectivity index (χ3v) is 5.86. The van der Waals surface area contributed by atoms with Crippen molar-refractivity contribution < 1.29 is 14.4 Å². The molecule has 0 bridgehead atoms. The number of amides is 2. The van der Waals surface area contributed by atoms with Crippen LogP contribution in [-0.2, 0) is 4.79 Å². The number of ketones is 1. The van der Waals surface area contributed by atoms with Crippen LogP contribution < -0.4 is 10.6 Å². The minimum absolute atomic E-state index is 0.0901. The minimum atomic E-state index is -0.491. The Balaban J connectivity index is 1.49. The van der Waals surface area contributed by atoms with Crippen molar-refractivity contribution >= 4 is 47.0 Å². The number of anilines is 1. The number of aryl methyl sites for hydroxylation is 1. The molecule has 0 heterocycles. The molecule has 4 aromatic rings. The molecule has 2 N–H and O–H groups in total. The first-order valence-corrected chi connectivity index (χ1v) is 12.3. The third kappa shape index (κ3) is 7.38. The molecule has 6 heteroatoms. The second kappa shape index (κ2) is 12.5. The van der Waals surface area contributed by atoms with Gasteiger partial charge in [0, 0.05) is 21.8 Å². The summed E-state index contributed by atoms with van der Waals surface area (Å²) in [5.41, 5.74) is 4.14. The summed E-state index contributed by atoms with van der Waals surface area (Å²) in [7, 11) is 0. The van der Waals surface area contributed by atoms with Crippen LogP contribution >= 0.6 is 11.6 Å². The lowest BCUT2D eigenvalue weighted by atomic mass is 10.1. The summed E-state index contributed by atoms with van der Waals surface area (Å²) >= 11 is 5.99. The summed E-state index contributed by atoms with van der Waals surface area (Å²) in [5.74, 6) is -1.07. The van der Waals surface area contributed by atoms with Crippen molar-refractivity contribution in [3.05, 3.63) is 148 Å². The molecule has 5 nitrogen and oxygen atoms in total. The van der Waals surface area contributed by atoms with Crippen LogP contribution in [0.1, 0.15) is 37.4 Å². The van der Waals surface area contributed by atoms with Crippen molar-refractivity contribution in [3.63, 3.8) is 0 Å². The predicted octanol–water partition coefficient (Wildman–Crippen LogP) is 6.95. The van der Waals surface area contributed by atoms with Gasteiger partial charge >= 0.3 is 0 Å². The molecule has 188 valence electrons. The van der Waals surface area contributed by atoms with Gasteiger partial charge in [0.15, 0.2) is 5.78 Å². The lowest BCUT2D eigenvalue weighted by molar-refractivity contribution is -0.113. The normalized spacial score (nSPS) is 11.3. The van der Waals surface area contributed by atoms with Crippen molar-refractivity contribution in [1.29, 1.82) is 0 Å². The van der Waals surface area contributed by atoms with E-state index in [-0.39, 0.29) is 11.5 Å². The molecule has 0 saturated heterocycles. The molecular formula is C32H25ClN2O3. The molecule has 0 saturated carbocycles. The highest BCUT2D eigenvalue weighted by Crippen LogP contribution is 2.16. The van der Waals surface area contributed by atoms with Gasteiger partial charge in [0.2, 0.25) is 0 Å². The highest BCUT2D eigenvalue weighted by molar-refractivity contribution is 6.30. The Morgan fingerprint density at radius 2 is 1.45 bits per heavy atom. The van der Waals surface area contributed by atoms with Crippen LogP contribution in [-0.4, -0.2) is 17.6 Å². The minimum Gasteiger partial charge on any atom is -0.321 e. The van der Waals surface area contributed by atoms with Crippen molar-refractivity contribution in [1.82, 2.24) is 5.32 Å². The molecule has 0 aromatic heterocycles. The molecule has 4 rings (SSSR count). The zero-order chi connectivity index (χ0) is 26.9. The lowest BCUT2D eigenvalue weighted by Gasteiger charge is -2.12. The Kier molecular flexibility index (Phi) is 8.65. The van der Waals surface area contributed by atoms with E-state index in [2.05, 4.69) is 10.6 Å². The SMILES string of the molecule is Cc1ccc(/C=C(\NC(=O)c2ccccc2)C(=O)Nc2ccc(C(=O)/C=C/c3cccc(Cl)c3)cc2)cc1. The van der Waals surface area contributed by atoms with E-state index >= 15 is 0 Å². The fraction of sp³-hybridized carbons (Fsp3) is 0.0312. The van der Waals surface area contributed by atoms with Crippen LogP contribution in [0.15, 0.2) is 115 Å². The van der Waals surface area contributed by atoms with Gasteiger partial charge in [-0.1, -0.05) is 77.8 Å². The lowest BCUT2D eigenvalue weighted by Crippen LogP contribution is -2.30. The van der Waals surface area contributed by atoms with Gasteiger partial charge in [-0.2, -0.15) is 0 Å². The molecule has 38 heavy (non-hydrogen) atoms. The smallest absolute Gasteiger partial charge is 0.272 e. The van der Waals surface area contributed by atoms with E-state index in [1.807, 2.05) is 49.4 Å². The number of carbonyl (C=O) groups is 3. The Bertz CT molecular complexity index is 1510. The average molecular weight is 521 g/mol. The van der Waals surface area contributed by atoms with Crippen LogP contribution in [0.25, 0.3) is 12.2 Å². The van der Waals surface area contributed by atoms with E-state index in [1.54, 1.807) is 72.8 Å². The van der Waals surface area contributed by atoms with Crippen molar-refractivity contribution in [3.8, 4) is 0 Å². The Morgan fingerprint density at radius 1 is 0.737 bits per heavy atom. The van der Waals surface area contributed by atoms with Crippen molar-refractivity contribution in [2.24, 2.45) is 0 Å². The maximum absolute atomic E-state index is 13.2. The number of hydrogen-bond donors (Lipinski definition) is 2. The van der Waals surface area contributed by atoms with Gasteiger partial charge in [-0.3, -0.25) is 14.4 Å². The molecule has 0 aliphatic carbocycles. The first-order chi connectivity index (χ1) is 18.4. The number of allylic oxidation sites excluding steroid dienone is 1. The van der Waals surface area contributed by atoms with E-state index in [1.165, 1.54) is 6.08 Å². The molecule has 0 radical (unpaired) electrons. The number of carbonyl (C=O) groups excluding carboxylic acids is 3. The van der Waals surface area contributed by atoms with Gasteiger partial charge < -0.3 is 10.6 Å². The molecular weight excluding hydrogens is 496 g/mol. The van der Waals surface area contributed by atoms with E-state index in [4.69, 9.17) is 11.6 Å². The highest BCUT2D eigenvalue weighted by atomic mass is 35.5. The summed E-state index contributed by atoms with van der Waals surface area (Å²) in [6.45, 7) is 1.97. The molecule has 4 aromatic carbocycles. The number of hydrogen-bond acceptors (Lipinski definition) is 3.